The molecular weight excluding hydrogens is 294 g/mol. The van der Waals surface area contributed by atoms with Gasteiger partial charge in [-0.2, -0.15) is 0 Å². The van der Waals surface area contributed by atoms with Crippen molar-refractivity contribution in [3.8, 4) is 5.75 Å². The van der Waals surface area contributed by atoms with Gasteiger partial charge in [-0.05, 0) is 30.7 Å². The minimum atomic E-state index is 0.0253. The standard InChI is InChI=1S/C14H22BrNO2/c1-10(2)16-8-13(9-17-4)18-14-6-5-12(15)7-11(14)3/h5-7,10,13,16H,8-9H2,1-4H3. The highest BCUT2D eigenvalue weighted by atomic mass is 79.9. The first kappa shape index (κ1) is 15.5. The molecule has 1 aromatic carbocycles. The monoisotopic (exact) mass is 315 g/mol. The van der Waals surface area contributed by atoms with Crippen LogP contribution in [0.5, 0.6) is 5.75 Å². The number of aryl methyl sites for hydroxylation is 1. The van der Waals surface area contributed by atoms with Gasteiger partial charge in [0.2, 0.25) is 0 Å². The van der Waals surface area contributed by atoms with Crippen LogP contribution in [0.2, 0.25) is 0 Å². The smallest absolute Gasteiger partial charge is 0.134 e. The molecule has 4 heteroatoms. The van der Waals surface area contributed by atoms with E-state index in [1.165, 1.54) is 0 Å². The minimum Gasteiger partial charge on any atom is -0.486 e. The van der Waals surface area contributed by atoms with Crippen molar-refractivity contribution in [1.82, 2.24) is 5.32 Å². The first-order valence-electron chi connectivity index (χ1n) is 6.18. The van der Waals surface area contributed by atoms with Crippen LogP contribution in [0.4, 0.5) is 0 Å². The number of hydrogen-bond acceptors (Lipinski definition) is 3. The molecule has 0 aliphatic carbocycles. The van der Waals surface area contributed by atoms with E-state index in [1.807, 2.05) is 19.1 Å². The zero-order chi connectivity index (χ0) is 13.5. The molecular formula is C14H22BrNO2. The molecule has 1 rings (SSSR count). The van der Waals surface area contributed by atoms with Crippen LogP contribution in [0, 0.1) is 6.92 Å². The van der Waals surface area contributed by atoms with Crippen LogP contribution in [0.15, 0.2) is 22.7 Å². The van der Waals surface area contributed by atoms with Gasteiger partial charge in [0, 0.05) is 24.2 Å². The molecule has 0 aliphatic rings. The maximum absolute atomic E-state index is 5.98. The van der Waals surface area contributed by atoms with Crippen molar-refractivity contribution in [2.75, 3.05) is 20.3 Å². The normalized spacial score (nSPS) is 12.8. The number of hydrogen-bond donors (Lipinski definition) is 1. The van der Waals surface area contributed by atoms with Gasteiger partial charge in [0.05, 0.1) is 6.61 Å². The lowest BCUT2D eigenvalue weighted by molar-refractivity contribution is 0.0789. The van der Waals surface area contributed by atoms with Gasteiger partial charge >= 0.3 is 0 Å². The van der Waals surface area contributed by atoms with Crippen LogP contribution < -0.4 is 10.1 Å². The maximum atomic E-state index is 5.98. The van der Waals surface area contributed by atoms with Gasteiger partial charge in [0.1, 0.15) is 11.9 Å². The number of halogens is 1. The second-order valence-corrected chi connectivity index (χ2v) is 5.58. The molecule has 0 fully saturated rings. The molecule has 3 nitrogen and oxygen atoms in total. The number of nitrogens with one attached hydrogen (secondary N) is 1. The average Bonchev–Trinajstić information content (AvgIpc) is 2.29. The van der Waals surface area contributed by atoms with Crippen molar-refractivity contribution >= 4 is 15.9 Å². The van der Waals surface area contributed by atoms with Gasteiger partial charge < -0.3 is 14.8 Å². The lowest BCUT2D eigenvalue weighted by Crippen LogP contribution is -2.38. The Balaban J connectivity index is 2.64. The van der Waals surface area contributed by atoms with Gasteiger partial charge in [-0.25, -0.2) is 0 Å². The number of benzene rings is 1. The van der Waals surface area contributed by atoms with E-state index < -0.39 is 0 Å². The molecule has 1 N–H and O–H groups in total. The van der Waals surface area contributed by atoms with Crippen molar-refractivity contribution in [3.63, 3.8) is 0 Å². The van der Waals surface area contributed by atoms with Crippen LogP contribution in [-0.2, 0) is 4.74 Å². The summed E-state index contributed by atoms with van der Waals surface area (Å²) in [6.07, 6.45) is 0.0253. The minimum absolute atomic E-state index is 0.0253. The Kier molecular flexibility index (Phi) is 6.68. The van der Waals surface area contributed by atoms with E-state index in [4.69, 9.17) is 9.47 Å². The highest BCUT2D eigenvalue weighted by molar-refractivity contribution is 9.10. The molecule has 0 aromatic heterocycles. The zero-order valence-corrected chi connectivity index (χ0v) is 13.1. The number of methoxy groups -OCH3 is 1. The molecule has 0 spiro atoms. The van der Waals surface area contributed by atoms with E-state index in [0.717, 1.165) is 22.3 Å². The predicted octanol–water partition coefficient (Wildman–Crippen LogP) is 3.15. The van der Waals surface area contributed by atoms with Crippen molar-refractivity contribution in [1.29, 1.82) is 0 Å². The molecule has 1 atom stereocenters. The molecule has 0 radical (unpaired) electrons. The fourth-order valence-corrected chi connectivity index (χ4v) is 2.09. The fourth-order valence-electron chi connectivity index (χ4n) is 1.61. The van der Waals surface area contributed by atoms with Gasteiger partial charge in [-0.3, -0.25) is 0 Å². The molecule has 0 aliphatic heterocycles. The topological polar surface area (TPSA) is 30.5 Å². The van der Waals surface area contributed by atoms with E-state index in [9.17, 15) is 0 Å². The number of rotatable bonds is 7. The summed E-state index contributed by atoms with van der Waals surface area (Å²) in [5.41, 5.74) is 1.12. The van der Waals surface area contributed by atoms with E-state index in [-0.39, 0.29) is 6.10 Å². The Bertz CT molecular complexity index is 369. The lowest BCUT2D eigenvalue weighted by Gasteiger charge is -2.21. The molecule has 1 unspecified atom stereocenters. The summed E-state index contributed by atoms with van der Waals surface area (Å²) in [5.74, 6) is 0.908. The molecule has 102 valence electrons. The largest absolute Gasteiger partial charge is 0.486 e. The second kappa shape index (κ2) is 7.77. The Morgan fingerprint density at radius 3 is 2.61 bits per heavy atom. The van der Waals surface area contributed by atoms with E-state index in [0.29, 0.717) is 12.6 Å². The maximum Gasteiger partial charge on any atom is 0.134 e. The molecule has 0 saturated carbocycles. The molecule has 0 heterocycles. The summed E-state index contributed by atoms with van der Waals surface area (Å²) in [4.78, 5) is 0. The van der Waals surface area contributed by atoms with Crippen molar-refractivity contribution in [2.45, 2.75) is 32.9 Å². The third-order valence-electron chi connectivity index (χ3n) is 2.54. The summed E-state index contributed by atoms with van der Waals surface area (Å²) in [7, 11) is 1.69. The van der Waals surface area contributed by atoms with Crippen molar-refractivity contribution in [3.05, 3.63) is 28.2 Å². The zero-order valence-electron chi connectivity index (χ0n) is 11.5. The van der Waals surface area contributed by atoms with Crippen LogP contribution in [0.1, 0.15) is 19.4 Å². The van der Waals surface area contributed by atoms with Crippen molar-refractivity contribution in [2.24, 2.45) is 0 Å². The molecule has 0 saturated heterocycles. The van der Waals surface area contributed by atoms with Gasteiger partial charge in [-0.1, -0.05) is 29.8 Å². The van der Waals surface area contributed by atoms with Crippen LogP contribution in [-0.4, -0.2) is 32.4 Å². The Morgan fingerprint density at radius 1 is 1.33 bits per heavy atom. The highest BCUT2D eigenvalue weighted by Gasteiger charge is 2.12. The van der Waals surface area contributed by atoms with Crippen LogP contribution >= 0.6 is 15.9 Å². The summed E-state index contributed by atoms with van der Waals surface area (Å²) in [6, 6.07) is 6.47. The van der Waals surface area contributed by atoms with Gasteiger partial charge in [0.15, 0.2) is 0 Å². The Morgan fingerprint density at radius 2 is 2.06 bits per heavy atom. The third-order valence-corrected chi connectivity index (χ3v) is 3.03. The predicted molar refractivity (Wildman–Crippen MR) is 78.3 cm³/mol. The van der Waals surface area contributed by atoms with Gasteiger partial charge in [-0.15, -0.1) is 0 Å². The summed E-state index contributed by atoms with van der Waals surface area (Å²) < 4.78 is 12.2. The molecule has 0 amide bonds. The Hall–Kier alpha value is -0.580. The lowest BCUT2D eigenvalue weighted by atomic mass is 10.2. The first-order chi connectivity index (χ1) is 8.52. The van der Waals surface area contributed by atoms with Gasteiger partial charge in [0.25, 0.3) is 0 Å². The molecule has 18 heavy (non-hydrogen) atoms. The third kappa shape index (κ3) is 5.38. The van der Waals surface area contributed by atoms with E-state index in [2.05, 4.69) is 41.2 Å². The fraction of sp³-hybridized carbons (Fsp3) is 0.571. The van der Waals surface area contributed by atoms with Crippen LogP contribution in [0.25, 0.3) is 0 Å². The van der Waals surface area contributed by atoms with E-state index in [1.54, 1.807) is 7.11 Å². The quantitative estimate of drug-likeness (QED) is 0.838. The number of ether oxygens (including phenoxy) is 2. The summed E-state index contributed by atoms with van der Waals surface area (Å²) >= 11 is 3.45. The average molecular weight is 316 g/mol. The molecule has 1 aromatic rings. The summed E-state index contributed by atoms with van der Waals surface area (Å²) in [6.45, 7) is 7.64. The highest BCUT2D eigenvalue weighted by Crippen LogP contribution is 2.23. The summed E-state index contributed by atoms with van der Waals surface area (Å²) in [5, 5.41) is 3.37. The first-order valence-corrected chi connectivity index (χ1v) is 6.97. The SMILES string of the molecule is COCC(CNC(C)C)Oc1ccc(Br)cc1C. The van der Waals surface area contributed by atoms with Crippen molar-refractivity contribution < 1.29 is 9.47 Å². The van der Waals surface area contributed by atoms with E-state index >= 15 is 0 Å². The second-order valence-electron chi connectivity index (χ2n) is 4.67. The molecule has 0 bridgehead atoms. The van der Waals surface area contributed by atoms with Crippen LogP contribution in [0.3, 0.4) is 0 Å². The Labute approximate surface area is 118 Å².